The van der Waals surface area contributed by atoms with E-state index < -0.39 is 18.1 Å². The summed E-state index contributed by atoms with van der Waals surface area (Å²) in [5.74, 6) is -0.969. The largest absolute Gasteiger partial charge is 0.409 e. The Balaban J connectivity index is 1.46. The molecule has 0 saturated carbocycles. The van der Waals surface area contributed by atoms with Gasteiger partial charge in [0.15, 0.2) is 0 Å². The summed E-state index contributed by atoms with van der Waals surface area (Å²) in [6, 6.07) is -1.91. The van der Waals surface area contributed by atoms with Gasteiger partial charge in [-0.25, -0.2) is 5.01 Å². The Bertz CT molecular complexity index is 729. The van der Waals surface area contributed by atoms with E-state index >= 15 is 0 Å². The highest BCUT2D eigenvalue weighted by molar-refractivity contribution is 6.10. The number of morpholine rings is 1. The number of hydrogen-bond acceptors (Lipinski definition) is 6. The van der Waals surface area contributed by atoms with Crippen molar-refractivity contribution in [3.8, 4) is 0 Å². The lowest BCUT2D eigenvalue weighted by Crippen LogP contribution is -2.52. The fraction of sp³-hybridized carbons (Fsp3) is 0.625. The van der Waals surface area contributed by atoms with Crippen LogP contribution < -0.4 is 5.32 Å². The predicted molar refractivity (Wildman–Crippen MR) is 86.5 cm³/mol. The van der Waals surface area contributed by atoms with E-state index in [9.17, 15) is 22.8 Å². The molecule has 0 radical (unpaired) electrons. The quantitative estimate of drug-likeness (QED) is 0.703. The summed E-state index contributed by atoms with van der Waals surface area (Å²) in [5, 5.41) is 4.53. The third-order valence-corrected chi connectivity index (χ3v) is 5.24. The molecule has 4 rings (SSSR count). The number of amides is 2. The van der Waals surface area contributed by atoms with Crippen molar-refractivity contribution in [1.82, 2.24) is 25.1 Å². The molecule has 0 aliphatic carbocycles. The molecule has 0 bridgehead atoms. The lowest BCUT2D eigenvalue weighted by atomic mass is 10.2. The van der Waals surface area contributed by atoms with E-state index in [4.69, 9.17) is 4.74 Å². The van der Waals surface area contributed by atoms with Crippen LogP contribution in [0.1, 0.15) is 0 Å². The van der Waals surface area contributed by atoms with Gasteiger partial charge < -0.3 is 15.0 Å². The zero-order valence-electron chi connectivity index (χ0n) is 14.8. The monoisotopic (exact) mass is 387 g/mol. The Hall–Kier alpha value is -2.11. The van der Waals surface area contributed by atoms with Crippen molar-refractivity contribution in [1.29, 1.82) is 0 Å². The average Bonchev–Trinajstić information content (AvgIpc) is 3.13. The number of nitrogens with one attached hydrogen (secondary N) is 1. The molecule has 1 atom stereocenters. The highest BCUT2D eigenvalue weighted by atomic mass is 19.4. The maximum atomic E-state index is 13.1. The summed E-state index contributed by atoms with van der Waals surface area (Å²) in [5.41, 5.74) is 0.287. The molecule has 4 heterocycles. The van der Waals surface area contributed by atoms with Crippen LogP contribution in [-0.2, 0) is 14.3 Å². The predicted octanol–water partition coefficient (Wildman–Crippen LogP) is -0.521. The van der Waals surface area contributed by atoms with Crippen LogP contribution in [-0.4, -0.2) is 96.8 Å². The Kier molecular flexibility index (Phi) is 4.40. The first-order valence-corrected chi connectivity index (χ1v) is 8.72. The number of nitrogens with zero attached hydrogens (tertiary/aromatic N) is 4. The van der Waals surface area contributed by atoms with Crippen LogP contribution >= 0.6 is 0 Å². The van der Waals surface area contributed by atoms with Crippen LogP contribution in [0.2, 0.25) is 0 Å². The van der Waals surface area contributed by atoms with E-state index in [2.05, 4.69) is 10.2 Å². The van der Waals surface area contributed by atoms with Gasteiger partial charge in [0.25, 0.3) is 11.8 Å². The molecular formula is C16H20F3N5O3. The molecule has 2 amide bonds. The Morgan fingerprint density at radius 3 is 2.56 bits per heavy atom. The molecule has 1 unspecified atom stereocenters. The molecule has 0 aromatic heterocycles. The molecule has 0 aromatic carbocycles. The van der Waals surface area contributed by atoms with Gasteiger partial charge >= 0.3 is 6.18 Å². The molecule has 1 fully saturated rings. The molecule has 1 saturated heterocycles. The summed E-state index contributed by atoms with van der Waals surface area (Å²) in [6.07, 6.45) is -3.59. The normalized spacial score (nSPS) is 27.1. The van der Waals surface area contributed by atoms with E-state index in [0.717, 1.165) is 29.2 Å². The number of fused-ring (bicyclic) bond motifs is 1. The third-order valence-electron chi connectivity index (χ3n) is 5.24. The SMILES string of the molecule is CN1C(C(F)(F)F)C=C2NC3=C(CN(CCN4CCOCC4)C3=O)C(=O)N21. The van der Waals surface area contributed by atoms with Crippen LogP contribution in [0.25, 0.3) is 0 Å². The van der Waals surface area contributed by atoms with Gasteiger partial charge in [-0.15, -0.1) is 0 Å². The van der Waals surface area contributed by atoms with Crippen LogP contribution in [0.4, 0.5) is 13.2 Å². The summed E-state index contributed by atoms with van der Waals surface area (Å²) in [4.78, 5) is 29.1. The highest BCUT2D eigenvalue weighted by Gasteiger charge is 2.52. The maximum Gasteiger partial charge on any atom is 0.409 e. The van der Waals surface area contributed by atoms with E-state index in [1.54, 1.807) is 4.90 Å². The molecule has 27 heavy (non-hydrogen) atoms. The van der Waals surface area contributed by atoms with Gasteiger partial charge in [0.05, 0.1) is 25.3 Å². The average molecular weight is 387 g/mol. The zero-order valence-corrected chi connectivity index (χ0v) is 14.8. The topological polar surface area (TPSA) is 68.4 Å². The molecule has 4 aliphatic rings. The minimum Gasteiger partial charge on any atom is -0.379 e. The van der Waals surface area contributed by atoms with Crippen LogP contribution in [0.15, 0.2) is 23.2 Å². The summed E-state index contributed by atoms with van der Waals surface area (Å²) in [6.45, 7) is 4.08. The van der Waals surface area contributed by atoms with E-state index in [-0.39, 0.29) is 29.5 Å². The minimum atomic E-state index is -4.51. The molecule has 8 nitrogen and oxygen atoms in total. The Labute approximate surface area is 153 Å². The van der Waals surface area contributed by atoms with Gasteiger partial charge in [-0.1, -0.05) is 0 Å². The van der Waals surface area contributed by atoms with E-state index in [1.807, 2.05) is 0 Å². The number of ether oxygens (including phenoxy) is 1. The van der Waals surface area contributed by atoms with Crippen molar-refractivity contribution in [2.75, 3.05) is 53.0 Å². The van der Waals surface area contributed by atoms with Crippen molar-refractivity contribution in [2.45, 2.75) is 12.2 Å². The number of carbonyl (C=O) groups excluding carboxylic acids is 2. The van der Waals surface area contributed by atoms with E-state index in [0.29, 0.717) is 26.3 Å². The Morgan fingerprint density at radius 1 is 1.19 bits per heavy atom. The van der Waals surface area contributed by atoms with Gasteiger partial charge in [-0.2, -0.15) is 18.2 Å². The first-order valence-electron chi connectivity index (χ1n) is 8.72. The number of alkyl halides is 3. The molecule has 0 aromatic rings. The molecule has 4 aliphatic heterocycles. The fourth-order valence-electron chi connectivity index (χ4n) is 3.73. The van der Waals surface area contributed by atoms with Gasteiger partial charge in [0, 0.05) is 33.2 Å². The second-order valence-corrected chi connectivity index (χ2v) is 6.89. The second kappa shape index (κ2) is 6.50. The number of halogens is 3. The number of rotatable bonds is 3. The number of likely N-dealkylation sites (N-methyl/N-ethyl adjacent to an activating group) is 1. The van der Waals surface area contributed by atoms with Crippen molar-refractivity contribution in [2.24, 2.45) is 0 Å². The summed E-state index contributed by atoms with van der Waals surface area (Å²) >= 11 is 0. The Morgan fingerprint density at radius 2 is 1.89 bits per heavy atom. The van der Waals surface area contributed by atoms with Crippen LogP contribution in [0.5, 0.6) is 0 Å². The molecular weight excluding hydrogens is 367 g/mol. The number of hydrogen-bond donors (Lipinski definition) is 1. The van der Waals surface area contributed by atoms with Crippen molar-refractivity contribution >= 4 is 11.8 Å². The van der Waals surface area contributed by atoms with Crippen molar-refractivity contribution in [3.05, 3.63) is 23.2 Å². The standard InChI is InChI=1S/C16H20F3N5O3/c1-21-11(16(17,18)19)8-12-20-13-10(14(25)24(12)21)9-23(15(13)26)3-2-22-4-6-27-7-5-22/h8,11,20H,2-7,9H2,1H3. The molecule has 0 spiro atoms. The smallest absolute Gasteiger partial charge is 0.379 e. The zero-order chi connectivity index (χ0) is 19.3. The maximum absolute atomic E-state index is 13.1. The number of hydrazine groups is 1. The van der Waals surface area contributed by atoms with E-state index in [1.165, 1.54) is 7.05 Å². The van der Waals surface area contributed by atoms with Gasteiger partial charge in [-0.05, 0) is 6.08 Å². The molecule has 148 valence electrons. The lowest BCUT2D eigenvalue weighted by molar-refractivity contribution is -0.189. The van der Waals surface area contributed by atoms with Gasteiger partial charge in [0.2, 0.25) is 0 Å². The van der Waals surface area contributed by atoms with Crippen molar-refractivity contribution < 1.29 is 27.5 Å². The first kappa shape index (κ1) is 18.3. The summed E-state index contributed by atoms with van der Waals surface area (Å²) < 4.78 is 44.7. The summed E-state index contributed by atoms with van der Waals surface area (Å²) in [7, 11) is 1.21. The first-order chi connectivity index (χ1) is 12.8. The third kappa shape index (κ3) is 3.09. The fourth-order valence-corrected chi connectivity index (χ4v) is 3.73. The van der Waals surface area contributed by atoms with Gasteiger partial charge in [-0.3, -0.25) is 14.5 Å². The minimum absolute atomic E-state index is 0.0213. The molecule has 11 heteroatoms. The van der Waals surface area contributed by atoms with Crippen LogP contribution in [0, 0.1) is 0 Å². The lowest BCUT2D eigenvalue weighted by Gasteiger charge is -2.33. The highest BCUT2D eigenvalue weighted by Crippen LogP contribution is 2.36. The van der Waals surface area contributed by atoms with Gasteiger partial charge in [0.1, 0.15) is 17.6 Å². The second-order valence-electron chi connectivity index (χ2n) is 6.89. The number of carbonyl (C=O) groups is 2. The van der Waals surface area contributed by atoms with Crippen LogP contribution in [0.3, 0.4) is 0 Å². The molecule has 1 N–H and O–H groups in total. The van der Waals surface area contributed by atoms with Crippen molar-refractivity contribution in [3.63, 3.8) is 0 Å².